The van der Waals surface area contributed by atoms with Crippen LogP contribution in [0, 0.1) is 0 Å². The molecule has 0 aromatic carbocycles. The molecule has 104 valence electrons. The van der Waals surface area contributed by atoms with Crippen molar-refractivity contribution in [2.24, 2.45) is 10.8 Å². The highest BCUT2D eigenvalue weighted by atomic mass is 35.5. The zero-order chi connectivity index (χ0) is 13.1. The van der Waals surface area contributed by atoms with E-state index in [0.29, 0.717) is 19.5 Å². The SMILES string of the molecule is COC(=O)[C@@H](N)CCC(=O)NCCCN=[N+]=[N-].Cl. The highest BCUT2D eigenvalue weighted by Crippen LogP contribution is 1.96. The highest BCUT2D eigenvalue weighted by Gasteiger charge is 2.14. The number of amides is 1. The zero-order valence-electron chi connectivity index (χ0n) is 10.2. The van der Waals surface area contributed by atoms with E-state index < -0.39 is 12.0 Å². The second-order valence-electron chi connectivity index (χ2n) is 3.33. The van der Waals surface area contributed by atoms with Crippen molar-refractivity contribution in [1.82, 2.24) is 5.32 Å². The summed E-state index contributed by atoms with van der Waals surface area (Å²) in [6.07, 6.45) is 0.992. The molecule has 0 spiro atoms. The van der Waals surface area contributed by atoms with E-state index in [-0.39, 0.29) is 31.2 Å². The van der Waals surface area contributed by atoms with Gasteiger partial charge in [-0.2, -0.15) is 0 Å². The molecular formula is C9H18ClN5O3. The number of rotatable bonds is 8. The summed E-state index contributed by atoms with van der Waals surface area (Å²) in [7, 11) is 1.25. The van der Waals surface area contributed by atoms with Gasteiger partial charge in [0.1, 0.15) is 6.04 Å². The summed E-state index contributed by atoms with van der Waals surface area (Å²) in [5.41, 5.74) is 13.5. The van der Waals surface area contributed by atoms with Gasteiger partial charge in [-0.05, 0) is 18.4 Å². The molecule has 0 aromatic rings. The lowest BCUT2D eigenvalue weighted by atomic mass is 10.1. The minimum Gasteiger partial charge on any atom is -0.468 e. The summed E-state index contributed by atoms with van der Waals surface area (Å²) >= 11 is 0. The normalized spacial score (nSPS) is 10.6. The maximum atomic E-state index is 11.3. The van der Waals surface area contributed by atoms with Crippen LogP contribution in [0.2, 0.25) is 0 Å². The molecule has 0 aliphatic carbocycles. The summed E-state index contributed by atoms with van der Waals surface area (Å²) in [5.74, 6) is -0.716. The van der Waals surface area contributed by atoms with E-state index >= 15 is 0 Å². The van der Waals surface area contributed by atoms with Crippen LogP contribution in [0.3, 0.4) is 0 Å². The van der Waals surface area contributed by atoms with Gasteiger partial charge in [0, 0.05) is 24.4 Å². The molecule has 3 N–H and O–H groups in total. The third kappa shape index (κ3) is 9.71. The number of hydrogen-bond acceptors (Lipinski definition) is 5. The molecule has 0 unspecified atom stereocenters. The number of methoxy groups -OCH3 is 1. The lowest BCUT2D eigenvalue weighted by molar-refractivity contribution is -0.142. The number of halogens is 1. The van der Waals surface area contributed by atoms with E-state index in [4.69, 9.17) is 11.3 Å². The summed E-state index contributed by atoms with van der Waals surface area (Å²) < 4.78 is 4.43. The number of nitrogens with zero attached hydrogens (tertiary/aromatic N) is 3. The van der Waals surface area contributed by atoms with E-state index in [1.807, 2.05) is 0 Å². The summed E-state index contributed by atoms with van der Waals surface area (Å²) in [4.78, 5) is 24.8. The van der Waals surface area contributed by atoms with Gasteiger partial charge in [-0.15, -0.1) is 12.4 Å². The van der Waals surface area contributed by atoms with Gasteiger partial charge >= 0.3 is 5.97 Å². The second-order valence-corrected chi connectivity index (χ2v) is 3.33. The van der Waals surface area contributed by atoms with Gasteiger partial charge in [-0.25, -0.2) is 0 Å². The predicted octanol–water partition coefficient (Wildman–Crippen LogP) is 0.505. The molecule has 0 radical (unpaired) electrons. The summed E-state index contributed by atoms with van der Waals surface area (Å²) in [6.45, 7) is 0.782. The van der Waals surface area contributed by atoms with E-state index in [1.54, 1.807) is 0 Å². The molecule has 8 nitrogen and oxygen atoms in total. The number of nitrogens with two attached hydrogens (primary N) is 1. The third-order valence-corrected chi connectivity index (χ3v) is 2.01. The van der Waals surface area contributed by atoms with Gasteiger partial charge in [0.15, 0.2) is 0 Å². The quantitative estimate of drug-likeness (QED) is 0.220. The van der Waals surface area contributed by atoms with E-state index in [1.165, 1.54) is 7.11 Å². The first kappa shape index (κ1) is 18.9. The standard InChI is InChI=1S/C9H17N5O3.ClH/c1-17-9(16)7(10)3-4-8(15)12-5-2-6-13-14-11;/h7H,2-6,10H2,1H3,(H,12,15);1H/t7-;/m0./s1. The summed E-state index contributed by atoms with van der Waals surface area (Å²) in [5, 5.41) is 5.95. The van der Waals surface area contributed by atoms with Crippen molar-refractivity contribution in [2.75, 3.05) is 20.2 Å². The van der Waals surface area contributed by atoms with Crippen molar-refractivity contribution in [3.05, 3.63) is 10.4 Å². The van der Waals surface area contributed by atoms with Crippen molar-refractivity contribution in [1.29, 1.82) is 0 Å². The molecule has 0 aliphatic rings. The number of azide groups is 1. The maximum Gasteiger partial charge on any atom is 0.322 e. The molecule has 0 fully saturated rings. The van der Waals surface area contributed by atoms with Crippen LogP contribution < -0.4 is 11.1 Å². The van der Waals surface area contributed by atoms with Crippen molar-refractivity contribution in [3.8, 4) is 0 Å². The Kier molecular flexibility index (Phi) is 12.5. The Morgan fingerprint density at radius 1 is 1.56 bits per heavy atom. The Morgan fingerprint density at radius 3 is 2.78 bits per heavy atom. The van der Waals surface area contributed by atoms with Gasteiger partial charge in [-0.1, -0.05) is 5.11 Å². The number of carbonyl (C=O) groups excluding carboxylic acids is 2. The van der Waals surface area contributed by atoms with Crippen LogP contribution in [0.4, 0.5) is 0 Å². The monoisotopic (exact) mass is 279 g/mol. The largest absolute Gasteiger partial charge is 0.468 e. The number of esters is 1. The Balaban J connectivity index is 0. The third-order valence-electron chi connectivity index (χ3n) is 2.01. The van der Waals surface area contributed by atoms with Gasteiger partial charge < -0.3 is 15.8 Å². The van der Waals surface area contributed by atoms with Crippen molar-refractivity contribution >= 4 is 24.3 Å². The lowest BCUT2D eigenvalue weighted by Crippen LogP contribution is -2.34. The molecule has 1 amide bonds. The first-order valence-electron chi connectivity index (χ1n) is 5.22. The maximum absolute atomic E-state index is 11.3. The molecule has 0 heterocycles. The fraction of sp³-hybridized carbons (Fsp3) is 0.778. The average molecular weight is 280 g/mol. The molecule has 0 aromatic heterocycles. The van der Waals surface area contributed by atoms with E-state index in [0.717, 1.165) is 0 Å². The minimum atomic E-state index is -0.770. The molecule has 0 rings (SSSR count). The van der Waals surface area contributed by atoms with E-state index in [2.05, 4.69) is 20.1 Å². The second kappa shape index (κ2) is 12.0. The molecule has 1 atom stereocenters. The first-order chi connectivity index (χ1) is 8.11. The fourth-order valence-electron chi connectivity index (χ4n) is 1.07. The van der Waals surface area contributed by atoms with E-state index in [9.17, 15) is 9.59 Å². The summed E-state index contributed by atoms with van der Waals surface area (Å²) in [6, 6.07) is -0.770. The predicted molar refractivity (Wildman–Crippen MR) is 68.1 cm³/mol. The molecule has 18 heavy (non-hydrogen) atoms. The smallest absolute Gasteiger partial charge is 0.322 e. The minimum absolute atomic E-state index is 0. The molecule has 0 aliphatic heterocycles. The van der Waals surface area contributed by atoms with Crippen LogP contribution in [0.5, 0.6) is 0 Å². The average Bonchev–Trinajstić information content (AvgIpc) is 2.34. The van der Waals surface area contributed by atoms with Crippen molar-refractivity contribution in [3.63, 3.8) is 0 Å². The Hall–Kier alpha value is -1.50. The Bertz CT molecular complexity index is 307. The number of hydrogen-bond donors (Lipinski definition) is 2. The van der Waals surface area contributed by atoms with Crippen LogP contribution in [0.15, 0.2) is 5.11 Å². The van der Waals surface area contributed by atoms with Gasteiger partial charge in [0.25, 0.3) is 0 Å². The molecule has 0 saturated heterocycles. The Morgan fingerprint density at radius 2 is 2.22 bits per heavy atom. The van der Waals surface area contributed by atoms with Crippen molar-refractivity contribution in [2.45, 2.75) is 25.3 Å². The molecule has 0 bridgehead atoms. The van der Waals surface area contributed by atoms with Crippen LogP contribution in [0.1, 0.15) is 19.3 Å². The molecule has 9 heteroatoms. The van der Waals surface area contributed by atoms with Gasteiger partial charge in [0.05, 0.1) is 7.11 Å². The van der Waals surface area contributed by atoms with Crippen molar-refractivity contribution < 1.29 is 14.3 Å². The van der Waals surface area contributed by atoms with Gasteiger partial charge in [0.2, 0.25) is 5.91 Å². The van der Waals surface area contributed by atoms with Gasteiger partial charge in [-0.3, -0.25) is 9.59 Å². The number of ether oxygens (including phenoxy) is 1. The van der Waals surface area contributed by atoms with Crippen LogP contribution >= 0.6 is 12.4 Å². The zero-order valence-corrected chi connectivity index (χ0v) is 11.0. The highest BCUT2D eigenvalue weighted by molar-refractivity contribution is 5.85. The molecular weight excluding hydrogens is 262 g/mol. The number of nitrogens with one attached hydrogen (secondary N) is 1. The number of carbonyl (C=O) groups is 2. The topological polar surface area (TPSA) is 130 Å². The Labute approximate surface area is 111 Å². The van der Waals surface area contributed by atoms with Crippen LogP contribution in [-0.4, -0.2) is 38.1 Å². The van der Waals surface area contributed by atoms with Crippen LogP contribution in [-0.2, 0) is 14.3 Å². The first-order valence-corrected chi connectivity index (χ1v) is 5.22. The van der Waals surface area contributed by atoms with Crippen LogP contribution in [0.25, 0.3) is 10.4 Å². The fourth-order valence-corrected chi connectivity index (χ4v) is 1.07. The lowest BCUT2D eigenvalue weighted by Gasteiger charge is -2.08. The molecule has 0 saturated carbocycles.